The van der Waals surface area contributed by atoms with Crippen molar-refractivity contribution in [1.29, 1.82) is 0 Å². The summed E-state index contributed by atoms with van der Waals surface area (Å²) in [7, 11) is 0. The molecule has 0 radical (unpaired) electrons. The van der Waals surface area contributed by atoms with Gasteiger partial charge in [0.2, 0.25) is 0 Å². The van der Waals surface area contributed by atoms with E-state index < -0.39 is 17.4 Å². The lowest BCUT2D eigenvalue weighted by Gasteiger charge is -2.15. The van der Waals surface area contributed by atoms with E-state index in [2.05, 4.69) is 4.74 Å². The first-order chi connectivity index (χ1) is 4.92. The summed E-state index contributed by atoms with van der Waals surface area (Å²) in [6, 6.07) is 0. The molecule has 0 atom stereocenters. The standard InChI is InChI=1S/C7H12O4.ClH/c1-4-11-6(10)7(2,3)5(8)9;/h4H2,1-3H3,(H,8,9);1H. The quantitative estimate of drug-likeness (QED) is 0.542. The number of rotatable bonds is 3. The van der Waals surface area contributed by atoms with Crippen LogP contribution in [0, 0.1) is 5.41 Å². The Morgan fingerprint density at radius 3 is 2.08 bits per heavy atom. The summed E-state index contributed by atoms with van der Waals surface area (Å²) in [5.74, 6) is -1.87. The molecule has 0 amide bonds. The summed E-state index contributed by atoms with van der Waals surface area (Å²) in [5.41, 5.74) is -1.43. The van der Waals surface area contributed by atoms with Crippen molar-refractivity contribution < 1.29 is 19.4 Å². The van der Waals surface area contributed by atoms with Crippen molar-refractivity contribution in [3.63, 3.8) is 0 Å². The van der Waals surface area contributed by atoms with Gasteiger partial charge in [-0.25, -0.2) is 0 Å². The Kier molecular flexibility index (Phi) is 5.72. The molecule has 0 aliphatic carbocycles. The fourth-order valence-corrected chi connectivity index (χ4v) is 0.399. The van der Waals surface area contributed by atoms with Gasteiger partial charge >= 0.3 is 11.9 Å². The van der Waals surface area contributed by atoms with E-state index in [4.69, 9.17) is 5.11 Å². The topological polar surface area (TPSA) is 63.6 Å². The molecule has 4 nitrogen and oxygen atoms in total. The van der Waals surface area contributed by atoms with Gasteiger partial charge in [-0.2, -0.15) is 0 Å². The highest BCUT2D eigenvalue weighted by Crippen LogP contribution is 2.16. The van der Waals surface area contributed by atoms with Crippen molar-refractivity contribution in [2.24, 2.45) is 5.41 Å². The third-order valence-corrected chi connectivity index (χ3v) is 1.32. The number of carboxylic acid groups (broad SMARTS) is 1. The van der Waals surface area contributed by atoms with Gasteiger partial charge in [-0.3, -0.25) is 9.59 Å². The fraction of sp³-hybridized carbons (Fsp3) is 0.714. The van der Waals surface area contributed by atoms with Gasteiger partial charge in [0.25, 0.3) is 0 Å². The second-order valence-corrected chi connectivity index (χ2v) is 2.65. The van der Waals surface area contributed by atoms with Crippen LogP contribution in [-0.2, 0) is 14.3 Å². The summed E-state index contributed by atoms with van der Waals surface area (Å²) in [4.78, 5) is 21.3. The maximum atomic E-state index is 10.9. The molecule has 0 bridgehead atoms. The molecule has 0 aromatic carbocycles. The van der Waals surface area contributed by atoms with Gasteiger partial charge in [0.1, 0.15) is 0 Å². The number of hydrogen-bond acceptors (Lipinski definition) is 3. The van der Waals surface area contributed by atoms with Crippen LogP contribution in [-0.4, -0.2) is 23.7 Å². The summed E-state index contributed by atoms with van der Waals surface area (Å²) in [5, 5.41) is 8.54. The first-order valence-corrected chi connectivity index (χ1v) is 3.33. The zero-order valence-electron chi connectivity index (χ0n) is 7.29. The Bertz CT molecular complexity index is 176. The number of carboxylic acids is 1. The molecule has 0 unspecified atom stereocenters. The predicted molar refractivity (Wildman–Crippen MR) is 45.3 cm³/mol. The average molecular weight is 197 g/mol. The molecule has 0 spiro atoms. The van der Waals surface area contributed by atoms with Crippen LogP contribution in [0.15, 0.2) is 0 Å². The van der Waals surface area contributed by atoms with Gasteiger partial charge in [-0.15, -0.1) is 12.4 Å². The molecule has 0 aromatic heterocycles. The van der Waals surface area contributed by atoms with Crippen molar-refractivity contribution in [2.75, 3.05) is 6.61 Å². The number of carbonyl (C=O) groups excluding carboxylic acids is 1. The van der Waals surface area contributed by atoms with Gasteiger partial charge in [0.15, 0.2) is 5.41 Å². The highest BCUT2D eigenvalue weighted by molar-refractivity contribution is 5.98. The molecule has 0 rings (SSSR count). The van der Waals surface area contributed by atoms with Gasteiger partial charge < -0.3 is 9.84 Å². The lowest BCUT2D eigenvalue weighted by atomic mass is 9.94. The Morgan fingerprint density at radius 2 is 1.83 bits per heavy atom. The Labute approximate surface area is 77.3 Å². The van der Waals surface area contributed by atoms with Crippen LogP contribution in [0.4, 0.5) is 0 Å². The summed E-state index contributed by atoms with van der Waals surface area (Å²) in [6.07, 6.45) is 0. The molecule has 0 heterocycles. The number of carbonyl (C=O) groups is 2. The summed E-state index contributed by atoms with van der Waals surface area (Å²) < 4.78 is 4.55. The summed E-state index contributed by atoms with van der Waals surface area (Å²) >= 11 is 0. The van der Waals surface area contributed by atoms with Crippen LogP contribution in [0.5, 0.6) is 0 Å². The zero-order chi connectivity index (χ0) is 9.07. The van der Waals surface area contributed by atoms with E-state index in [-0.39, 0.29) is 19.0 Å². The highest BCUT2D eigenvalue weighted by Gasteiger charge is 2.37. The van der Waals surface area contributed by atoms with Gasteiger partial charge in [-0.1, -0.05) is 0 Å². The molecule has 72 valence electrons. The minimum absolute atomic E-state index is 0. The third-order valence-electron chi connectivity index (χ3n) is 1.32. The molecular weight excluding hydrogens is 184 g/mol. The van der Waals surface area contributed by atoms with Crippen LogP contribution in [0.2, 0.25) is 0 Å². The Balaban J connectivity index is 0. The highest BCUT2D eigenvalue weighted by atomic mass is 35.5. The normalized spacial score (nSPS) is 9.92. The SMILES string of the molecule is CCOC(=O)C(C)(C)C(=O)O.Cl. The van der Waals surface area contributed by atoms with E-state index in [1.54, 1.807) is 6.92 Å². The first-order valence-electron chi connectivity index (χ1n) is 3.33. The van der Waals surface area contributed by atoms with Crippen molar-refractivity contribution in [3.8, 4) is 0 Å². The van der Waals surface area contributed by atoms with Gasteiger partial charge in [-0.05, 0) is 20.8 Å². The Hall–Kier alpha value is -0.770. The predicted octanol–water partition coefficient (Wildman–Crippen LogP) is 1.08. The van der Waals surface area contributed by atoms with Gasteiger partial charge in [0, 0.05) is 0 Å². The molecule has 0 saturated heterocycles. The molecule has 0 aromatic rings. The van der Waals surface area contributed by atoms with Crippen LogP contribution in [0.1, 0.15) is 20.8 Å². The molecule has 12 heavy (non-hydrogen) atoms. The molecule has 1 N–H and O–H groups in total. The number of ether oxygens (including phenoxy) is 1. The van der Waals surface area contributed by atoms with Crippen LogP contribution >= 0.6 is 12.4 Å². The van der Waals surface area contributed by atoms with E-state index in [0.717, 1.165) is 0 Å². The number of hydrogen-bond donors (Lipinski definition) is 1. The molecular formula is C7H13ClO4. The van der Waals surface area contributed by atoms with Crippen LogP contribution in [0.25, 0.3) is 0 Å². The second kappa shape index (κ2) is 4.98. The van der Waals surface area contributed by atoms with E-state index >= 15 is 0 Å². The molecule has 0 aliphatic heterocycles. The maximum absolute atomic E-state index is 10.9. The minimum atomic E-state index is -1.43. The van der Waals surface area contributed by atoms with E-state index in [1.165, 1.54) is 13.8 Å². The lowest BCUT2D eigenvalue weighted by molar-refractivity contribution is -0.165. The van der Waals surface area contributed by atoms with Crippen LogP contribution in [0.3, 0.4) is 0 Å². The Morgan fingerprint density at radius 1 is 1.42 bits per heavy atom. The second-order valence-electron chi connectivity index (χ2n) is 2.65. The van der Waals surface area contributed by atoms with Gasteiger partial charge in [0.05, 0.1) is 6.61 Å². The number of esters is 1. The zero-order valence-corrected chi connectivity index (χ0v) is 8.10. The monoisotopic (exact) mass is 196 g/mol. The van der Waals surface area contributed by atoms with E-state index in [9.17, 15) is 9.59 Å². The van der Waals surface area contributed by atoms with Crippen LogP contribution < -0.4 is 0 Å². The largest absolute Gasteiger partial charge is 0.480 e. The van der Waals surface area contributed by atoms with E-state index in [0.29, 0.717) is 0 Å². The van der Waals surface area contributed by atoms with Crippen molar-refractivity contribution in [1.82, 2.24) is 0 Å². The number of halogens is 1. The molecule has 0 saturated carbocycles. The third kappa shape index (κ3) is 3.09. The summed E-state index contributed by atoms with van der Waals surface area (Å²) in [6.45, 7) is 4.46. The maximum Gasteiger partial charge on any atom is 0.322 e. The van der Waals surface area contributed by atoms with E-state index in [1.807, 2.05) is 0 Å². The molecule has 0 fully saturated rings. The van der Waals surface area contributed by atoms with Crippen molar-refractivity contribution in [2.45, 2.75) is 20.8 Å². The molecule has 0 aliphatic rings. The smallest absolute Gasteiger partial charge is 0.322 e. The first kappa shape index (κ1) is 13.8. The van der Waals surface area contributed by atoms with Crippen molar-refractivity contribution >= 4 is 24.3 Å². The van der Waals surface area contributed by atoms with Crippen molar-refractivity contribution in [3.05, 3.63) is 0 Å². The molecule has 5 heteroatoms. The number of aliphatic carboxylic acids is 1. The lowest BCUT2D eigenvalue weighted by Crippen LogP contribution is -2.34. The minimum Gasteiger partial charge on any atom is -0.480 e. The average Bonchev–Trinajstić information content (AvgIpc) is 1.88. The fourth-order valence-electron chi connectivity index (χ4n) is 0.399.